The van der Waals surface area contributed by atoms with Gasteiger partial charge in [0.05, 0.1) is 0 Å². The van der Waals surface area contributed by atoms with Gasteiger partial charge in [0.2, 0.25) is 0 Å². The summed E-state index contributed by atoms with van der Waals surface area (Å²) in [6, 6.07) is 1.28. The zero-order chi connectivity index (χ0) is 8.04. The summed E-state index contributed by atoms with van der Waals surface area (Å²) < 4.78 is 0. The standard InChI is InChI=1S/C7H16NOSi.Rf/c1-10(2,3)6-4-5-8-7-9;/h4-6H2,1-3H3,(H,8,9);/q-1;. The third kappa shape index (κ3) is 12.0. The van der Waals surface area contributed by atoms with Crippen molar-refractivity contribution in [2.75, 3.05) is 6.54 Å². The predicted molar refractivity (Wildman–Crippen MR) is 46.5 cm³/mol. The van der Waals surface area contributed by atoms with Crippen LogP contribution in [0.25, 0.3) is 0 Å². The number of nitrogens with one attached hydrogen (secondary N) is 1. The third-order valence-electron chi connectivity index (χ3n) is 1.30. The van der Waals surface area contributed by atoms with E-state index in [-0.39, 0.29) is 0 Å². The van der Waals surface area contributed by atoms with Crippen LogP contribution in [0, 0.1) is 0 Å². The van der Waals surface area contributed by atoms with E-state index in [1.165, 1.54) is 6.04 Å². The van der Waals surface area contributed by atoms with Crippen LogP contribution in [0.3, 0.4) is 0 Å². The first-order valence-electron chi connectivity index (χ1n) is 3.66. The Hall–Kier alpha value is -1.31. The molecule has 0 spiro atoms. The summed E-state index contributed by atoms with van der Waals surface area (Å²) >= 11 is 0. The zero-order valence-electron chi connectivity index (χ0n) is 7.74. The topological polar surface area (TPSA) is 29.1 Å². The van der Waals surface area contributed by atoms with Crippen LogP contribution in [0.1, 0.15) is 6.42 Å². The molecule has 4 heteroatoms. The van der Waals surface area contributed by atoms with E-state index in [0.717, 1.165) is 13.0 Å². The second kappa shape index (κ2) is 5.47. The van der Waals surface area contributed by atoms with Crippen molar-refractivity contribution in [1.82, 2.24) is 5.32 Å². The van der Waals surface area contributed by atoms with Crippen molar-refractivity contribution in [1.29, 1.82) is 0 Å². The molecule has 1 amide bonds. The van der Waals surface area contributed by atoms with Gasteiger partial charge in [0.25, 0.3) is 0 Å². The van der Waals surface area contributed by atoms with Gasteiger partial charge in [0.15, 0.2) is 0 Å². The molecule has 0 atom stereocenters. The quantitative estimate of drug-likeness (QED) is 0.307. The normalized spacial score (nSPS) is 10.1. The summed E-state index contributed by atoms with van der Waals surface area (Å²) in [7, 11) is -0.877. The molecule has 0 heterocycles. The monoisotopic (exact) mass is 425 g/mol. The minimum absolute atomic E-state index is 0. The molecule has 0 aliphatic carbocycles. The Kier molecular flexibility index (Phi) is 6.15. The van der Waals surface area contributed by atoms with Gasteiger partial charge in [-0.3, -0.25) is 0 Å². The van der Waals surface area contributed by atoms with Crippen LogP contribution < -0.4 is 5.32 Å². The molecule has 1 N–H and O–H groups in total. The smallest absolute Gasteiger partial charge is 0.0443 e. The number of hydrogen-bond acceptors (Lipinski definition) is 1. The Labute approximate surface area is 64.0 Å². The van der Waals surface area contributed by atoms with Gasteiger partial charge in [0, 0.05) is 8.07 Å². The molecule has 0 rings (SSSR count). The van der Waals surface area contributed by atoms with Crippen molar-refractivity contribution in [3.63, 3.8) is 0 Å². The minimum Gasteiger partial charge on any atom is -0.530 e. The molecule has 0 aromatic heterocycles. The van der Waals surface area contributed by atoms with Gasteiger partial charge in [-0.2, -0.15) is 6.41 Å². The summed E-state index contributed by atoms with van der Waals surface area (Å²) in [5.41, 5.74) is 0. The van der Waals surface area contributed by atoms with Crippen molar-refractivity contribution < 1.29 is 4.79 Å². The van der Waals surface area contributed by atoms with E-state index in [9.17, 15) is 4.79 Å². The second-order valence-corrected chi connectivity index (χ2v) is 9.31. The van der Waals surface area contributed by atoms with Crippen LogP contribution in [-0.2, 0) is 4.79 Å². The van der Waals surface area contributed by atoms with Crippen LogP contribution in [0.2, 0.25) is 25.7 Å². The maximum absolute atomic E-state index is 9.70. The molecule has 0 aromatic rings. The van der Waals surface area contributed by atoms with Gasteiger partial charge >= 0.3 is 0 Å². The number of hydrogen-bond donors (Lipinski definition) is 1. The molecule has 11 heavy (non-hydrogen) atoms. The molecular formula is C7H16NORfSi-. The third-order valence-corrected chi connectivity index (χ3v) is 3.15. The average Bonchev–Trinajstić information content (AvgIpc) is 1.78. The number of carbonyl (C=O) groups excluding carboxylic acids is 1. The van der Waals surface area contributed by atoms with Crippen LogP contribution >= 0.6 is 0 Å². The fourth-order valence-electron chi connectivity index (χ4n) is 0.758. The summed E-state index contributed by atoms with van der Waals surface area (Å²) in [5.74, 6) is 0. The van der Waals surface area contributed by atoms with Crippen molar-refractivity contribution >= 4 is 14.5 Å². The van der Waals surface area contributed by atoms with Gasteiger partial charge in [-0.25, -0.2) is 0 Å². The van der Waals surface area contributed by atoms with Crippen LogP contribution in [0.15, 0.2) is 0 Å². The maximum Gasteiger partial charge on any atom is 0.0443 e. The molecule has 0 aromatic carbocycles. The van der Waals surface area contributed by atoms with Crippen LogP contribution in [-0.4, -0.2) is 21.0 Å². The van der Waals surface area contributed by atoms with E-state index < -0.39 is 8.07 Å². The molecule has 0 saturated carbocycles. The van der Waals surface area contributed by atoms with Gasteiger partial charge in [-0.1, -0.05) is 25.7 Å². The van der Waals surface area contributed by atoms with Gasteiger partial charge in [0.1, 0.15) is 0 Å². The molecule has 2 nitrogen and oxygen atoms in total. The van der Waals surface area contributed by atoms with E-state index >= 15 is 0 Å². The predicted octanol–water partition coefficient (Wildman–Crippen LogP) is 1.37. The van der Waals surface area contributed by atoms with Crippen molar-refractivity contribution in [2.45, 2.75) is 32.1 Å². The molecule has 0 unspecified atom stereocenters. The van der Waals surface area contributed by atoms with E-state index in [1.807, 2.05) is 0 Å². The Bertz CT molecular complexity index is 103. The van der Waals surface area contributed by atoms with Gasteiger partial charge in [-0.15, -0.1) is 0 Å². The van der Waals surface area contributed by atoms with E-state index in [1.54, 1.807) is 6.41 Å². The fraction of sp³-hybridized carbons (Fsp3) is 0.857. The molecule has 62 valence electrons. The Morgan fingerprint density at radius 1 is 1.36 bits per heavy atom. The summed E-state index contributed by atoms with van der Waals surface area (Å²) in [6.07, 6.45) is 2.77. The van der Waals surface area contributed by atoms with Crippen LogP contribution in [0.4, 0.5) is 0 Å². The van der Waals surface area contributed by atoms with Gasteiger partial charge < -0.3 is 10.1 Å². The summed E-state index contributed by atoms with van der Waals surface area (Å²) in [4.78, 5) is 9.70. The maximum atomic E-state index is 9.70. The Balaban J connectivity index is 0. The van der Waals surface area contributed by atoms with E-state index in [2.05, 4.69) is 25.0 Å². The molecule has 0 aliphatic rings. The zero-order valence-corrected chi connectivity index (χ0v) is 15.1. The van der Waals surface area contributed by atoms with Gasteiger partial charge in [-0.05, 0) is 13.0 Å². The molecule has 0 bridgehead atoms. The first kappa shape index (κ1) is 12.4. The Morgan fingerprint density at radius 3 is 2.27 bits per heavy atom. The number of rotatable bonds is 5. The van der Waals surface area contributed by atoms with Crippen molar-refractivity contribution in [2.24, 2.45) is 0 Å². The largest absolute Gasteiger partial charge is 0.530 e. The average molecular weight is 425 g/mol. The SMILES string of the molecule is C[Si](C)(C)CCCN[C-]=O.[Rf]. The summed E-state index contributed by atoms with van der Waals surface area (Å²) in [6.45, 7) is 7.78. The Morgan fingerprint density at radius 2 is 1.91 bits per heavy atom. The molecule has 0 saturated heterocycles. The second-order valence-electron chi connectivity index (χ2n) is 3.69. The van der Waals surface area contributed by atoms with Crippen LogP contribution in [0.5, 0.6) is 0 Å². The van der Waals surface area contributed by atoms with Crippen molar-refractivity contribution in [3.05, 3.63) is 0 Å². The molecule has 0 radical (unpaired) electrons. The first-order valence-corrected chi connectivity index (χ1v) is 7.37. The fourth-order valence-corrected chi connectivity index (χ4v) is 2.00. The van der Waals surface area contributed by atoms with E-state index in [4.69, 9.17) is 0 Å². The molecule has 0 aliphatic heterocycles. The van der Waals surface area contributed by atoms with Crippen molar-refractivity contribution in [3.8, 4) is 0 Å². The van der Waals surface area contributed by atoms with E-state index in [0.29, 0.717) is 0 Å². The minimum atomic E-state index is -0.877. The first-order chi connectivity index (χ1) is 4.56. The molecule has 0 fully saturated rings. The number of amides is 1. The molecular weight excluding hydrogens is 409 g/mol. The summed E-state index contributed by atoms with van der Waals surface area (Å²) in [5, 5.41) is 2.54.